The van der Waals surface area contributed by atoms with Gasteiger partial charge in [0.1, 0.15) is 11.5 Å². The van der Waals surface area contributed by atoms with Gasteiger partial charge < -0.3 is 10.2 Å². The molecule has 0 spiro atoms. The minimum Gasteiger partial charge on any atom is -0.507 e. The number of benzene rings is 2. The van der Waals surface area contributed by atoms with Crippen LogP contribution in [0.4, 0.5) is 0 Å². The molecule has 0 aromatic heterocycles. The maximum absolute atomic E-state index is 11.3. The van der Waals surface area contributed by atoms with Crippen molar-refractivity contribution in [3.63, 3.8) is 0 Å². The van der Waals surface area contributed by atoms with Gasteiger partial charge in [-0.05, 0) is 71.6 Å². The van der Waals surface area contributed by atoms with Gasteiger partial charge in [-0.25, -0.2) is 0 Å². The first-order chi connectivity index (χ1) is 19.8. The number of rotatable bonds is 12. The van der Waals surface area contributed by atoms with Crippen molar-refractivity contribution in [3.05, 3.63) is 83.0 Å². The summed E-state index contributed by atoms with van der Waals surface area (Å²) in [6, 6.07) is 8.88. The van der Waals surface area contributed by atoms with E-state index in [0.717, 1.165) is 59.4 Å². The molecule has 1 aliphatic rings. The Balaban J connectivity index is 1.84. The van der Waals surface area contributed by atoms with Gasteiger partial charge in [0.15, 0.2) is 0 Å². The molecule has 4 heteroatoms. The number of hydrogen-bond acceptors (Lipinski definition) is 4. The van der Waals surface area contributed by atoms with Crippen LogP contribution in [0.5, 0.6) is 11.5 Å². The van der Waals surface area contributed by atoms with Gasteiger partial charge in [-0.1, -0.05) is 104 Å². The van der Waals surface area contributed by atoms with Crippen LogP contribution in [-0.2, 0) is 35.2 Å². The summed E-state index contributed by atoms with van der Waals surface area (Å²) in [5, 5.41) is 23.6. The van der Waals surface area contributed by atoms with Gasteiger partial charge in [-0.15, -0.1) is 13.2 Å². The molecule has 2 nitrogen and oxygen atoms in total. The summed E-state index contributed by atoms with van der Waals surface area (Å²) >= 11 is 4.07. The van der Waals surface area contributed by atoms with Gasteiger partial charge in [-0.3, -0.25) is 0 Å². The number of hydrogen-bond donors (Lipinski definition) is 2. The third-order valence-corrected chi connectivity index (χ3v) is 11.7. The van der Waals surface area contributed by atoms with Gasteiger partial charge in [-0.2, -0.15) is 23.5 Å². The molecular weight excluding hydrogens is 553 g/mol. The molecule has 0 amide bonds. The monoisotopic (exact) mass is 608 g/mol. The Kier molecular flexibility index (Phi) is 13.1. The molecular formula is C38H56O2S2. The molecule has 2 atom stereocenters. The van der Waals surface area contributed by atoms with Crippen molar-refractivity contribution in [3.8, 4) is 11.5 Å². The van der Waals surface area contributed by atoms with Crippen molar-refractivity contribution < 1.29 is 10.2 Å². The lowest BCUT2D eigenvalue weighted by Gasteiger charge is -2.30. The molecule has 42 heavy (non-hydrogen) atoms. The van der Waals surface area contributed by atoms with Crippen LogP contribution in [0.2, 0.25) is 0 Å². The van der Waals surface area contributed by atoms with Crippen molar-refractivity contribution in [2.24, 2.45) is 0 Å². The number of allylic oxidation sites excluding steroid dienone is 2. The molecule has 2 aromatic rings. The zero-order valence-corrected chi connectivity index (χ0v) is 28.9. The number of thioether (sulfide) groups is 2. The predicted octanol–water partition coefficient (Wildman–Crippen LogP) is 11.2. The van der Waals surface area contributed by atoms with E-state index < -0.39 is 0 Å². The Hall–Kier alpha value is -1.78. The normalized spacial score (nSPS) is 18.3. The average Bonchev–Trinajstić information content (AvgIpc) is 2.91. The van der Waals surface area contributed by atoms with Crippen molar-refractivity contribution in [2.45, 2.75) is 139 Å². The highest BCUT2D eigenvalue weighted by Crippen LogP contribution is 2.42. The second-order valence-electron chi connectivity index (χ2n) is 14.1. The molecule has 2 aromatic carbocycles. The molecule has 0 aliphatic heterocycles. The molecule has 1 aliphatic carbocycles. The summed E-state index contributed by atoms with van der Waals surface area (Å²) < 4.78 is 0. The van der Waals surface area contributed by atoms with E-state index in [1.807, 2.05) is 35.7 Å². The Morgan fingerprint density at radius 2 is 1.00 bits per heavy atom. The van der Waals surface area contributed by atoms with Crippen molar-refractivity contribution in [1.82, 2.24) is 0 Å². The van der Waals surface area contributed by atoms with Crippen LogP contribution in [0.25, 0.3) is 0 Å². The summed E-state index contributed by atoms with van der Waals surface area (Å²) in [6.07, 6.45) is 14.8. The third kappa shape index (κ3) is 9.88. The quantitative estimate of drug-likeness (QED) is 0.235. The fourth-order valence-corrected chi connectivity index (χ4v) is 8.76. The van der Waals surface area contributed by atoms with Crippen LogP contribution in [0.3, 0.4) is 0 Å². The first-order valence-electron chi connectivity index (χ1n) is 16.0. The Bertz CT molecular complexity index is 1090. The number of aryl methyl sites for hydroxylation is 2. The van der Waals surface area contributed by atoms with Crippen LogP contribution >= 0.6 is 23.5 Å². The summed E-state index contributed by atoms with van der Waals surface area (Å²) in [6.45, 7) is 21.3. The third-order valence-electron chi connectivity index (χ3n) is 8.55. The lowest BCUT2D eigenvalue weighted by Crippen LogP contribution is -2.22. The fraction of sp³-hybridized carbons (Fsp3) is 0.579. The summed E-state index contributed by atoms with van der Waals surface area (Å²) in [7, 11) is 0. The lowest BCUT2D eigenvalue weighted by molar-refractivity contribution is 0.461. The van der Waals surface area contributed by atoms with E-state index in [1.54, 1.807) is 0 Å². The second-order valence-corrected chi connectivity index (χ2v) is 16.6. The first-order valence-corrected chi connectivity index (χ1v) is 18.1. The van der Waals surface area contributed by atoms with Gasteiger partial charge in [0.2, 0.25) is 0 Å². The molecule has 0 bridgehead atoms. The van der Waals surface area contributed by atoms with Crippen LogP contribution in [-0.4, -0.2) is 20.7 Å². The number of aromatic hydroxyl groups is 2. The van der Waals surface area contributed by atoms with Crippen LogP contribution in [0, 0.1) is 0 Å². The standard InChI is InChI=1S/C38H56O2S2/c1-9-11-17-27-21-31(37(3,4)5)23-29(35(27)39)25-41-33-19-15-13-14-16-20-34(33)42-26-30-24-32(38(6,7)8)22-28(36(30)40)18-12-10-2/h9-10,21-24,33-34,39-40H,1-2,11-20,25-26H2,3-8H3/t33-,34-/m0/s1. The Labute approximate surface area is 265 Å². The predicted molar refractivity (Wildman–Crippen MR) is 189 cm³/mol. The maximum Gasteiger partial charge on any atom is 0.122 e. The van der Waals surface area contributed by atoms with Gasteiger partial charge in [0.05, 0.1) is 0 Å². The van der Waals surface area contributed by atoms with E-state index in [1.165, 1.54) is 49.7 Å². The molecule has 0 unspecified atom stereocenters. The summed E-state index contributed by atoms with van der Waals surface area (Å²) in [5.41, 5.74) is 6.87. The maximum atomic E-state index is 11.3. The Morgan fingerprint density at radius 3 is 1.33 bits per heavy atom. The van der Waals surface area contributed by atoms with Gasteiger partial charge in [0.25, 0.3) is 0 Å². The van der Waals surface area contributed by atoms with Gasteiger partial charge in [0, 0.05) is 33.1 Å². The zero-order valence-electron chi connectivity index (χ0n) is 27.2. The molecule has 0 saturated heterocycles. The number of phenols is 2. The molecule has 0 radical (unpaired) electrons. The summed E-state index contributed by atoms with van der Waals surface area (Å²) in [5.74, 6) is 2.61. The van der Waals surface area contributed by atoms with Crippen LogP contribution < -0.4 is 0 Å². The molecule has 1 saturated carbocycles. The molecule has 2 N–H and O–H groups in total. The molecule has 1 fully saturated rings. The van der Waals surface area contributed by atoms with Crippen LogP contribution in [0.1, 0.15) is 126 Å². The van der Waals surface area contributed by atoms with E-state index in [9.17, 15) is 10.2 Å². The van der Waals surface area contributed by atoms with E-state index in [-0.39, 0.29) is 10.8 Å². The van der Waals surface area contributed by atoms with E-state index in [2.05, 4.69) is 79.0 Å². The fourth-order valence-electron chi connectivity index (χ4n) is 5.69. The highest BCUT2D eigenvalue weighted by molar-refractivity contribution is 8.03. The summed E-state index contributed by atoms with van der Waals surface area (Å²) in [4.78, 5) is 0. The SMILES string of the molecule is C=CCCc1cc(C(C)(C)C)cc(CS[C@H]2CCCCCC[C@@H]2SCc2cc(C(C)(C)C)cc(CCC=C)c2O)c1O. The minimum atomic E-state index is 0.0305. The molecule has 232 valence electrons. The van der Waals surface area contributed by atoms with E-state index >= 15 is 0 Å². The molecule has 0 heterocycles. The highest BCUT2D eigenvalue weighted by Gasteiger charge is 2.27. The van der Waals surface area contributed by atoms with E-state index in [4.69, 9.17) is 0 Å². The van der Waals surface area contributed by atoms with Crippen LogP contribution in [0.15, 0.2) is 49.6 Å². The van der Waals surface area contributed by atoms with Crippen molar-refractivity contribution in [1.29, 1.82) is 0 Å². The molecule has 3 rings (SSSR count). The zero-order chi connectivity index (χ0) is 30.9. The van der Waals surface area contributed by atoms with Crippen molar-refractivity contribution in [2.75, 3.05) is 0 Å². The Morgan fingerprint density at radius 1 is 0.643 bits per heavy atom. The highest BCUT2D eigenvalue weighted by atomic mass is 32.2. The first kappa shape index (κ1) is 34.7. The van der Waals surface area contributed by atoms with E-state index in [0.29, 0.717) is 22.0 Å². The topological polar surface area (TPSA) is 40.5 Å². The van der Waals surface area contributed by atoms with Crippen molar-refractivity contribution >= 4 is 23.5 Å². The minimum absolute atomic E-state index is 0.0305. The largest absolute Gasteiger partial charge is 0.507 e. The second kappa shape index (κ2) is 15.8. The smallest absolute Gasteiger partial charge is 0.122 e. The van der Waals surface area contributed by atoms with Gasteiger partial charge >= 0.3 is 0 Å². The average molecular weight is 609 g/mol. The number of phenolic OH excluding ortho intramolecular Hbond substituents is 2. The lowest BCUT2D eigenvalue weighted by atomic mass is 9.84.